The van der Waals surface area contributed by atoms with Crippen LogP contribution in [0.25, 0.3) is 11.1 Å². The van der Waals surface area contributed by atoms with E-state index in [0.717, 1.165) is 17.0 Å². The summed E-state index contributed by atoms with van der Waals surface area (Å²) < 4.78 is 30.0. The van der Waals surface area contributed by atoms with Gasteiger partial charge < -0.3 is 10.0 Å². The van der Waals surface area contributed by atoms with Crippen LogP contribution < -0.4 is 0 Å². The van der Waals surface area contributed by atoms with Gasteiger partial charge in [0.1, 0.15) is 23.2 Å². The van der Waals surface area contributed by atoms with Gasteiger partial charge in [-0.3, -0.25) is 4.79 Å². The molecule has 2 atom stereocenters. The summed E-state index contributed by atoms with van der Waals surface area (Å²) in [6.07, 6.45) is 0.472. The second-order valence-corrected chi connectivity index (χ2v) is 7.77. The summed E-state index contributed by atoms with van der Waals surface area (Å²) in [7, 11) is 0. The van der Waals surface area contributed by atoms with E-state index in [-0.39, 0.29) is 12.0 Å². The molecule has 1 fully saturated rings. The van der Waals surface area contributed by atoms with Crippen LogP contribution in [0.1, 0.15) is 34.8 Å². The predicted molar refractivity (Wildman–Crippen MR) is 113 cm³/mol. The van der Waals surface area contributed by atoms with Gasteiger partial charge in [-0.25, -0.2) is 13.6 Å². The van der Waals surface area contributed by atoms with Crippen LogP contribution >= 0.6 is 11.6 Å². The molecule has 0 aromatic heterocycles. The van der Waals surface area contributed by atoms with E-state index in [9.17, 15) is 23.5 Å². The Balaban J connectivity index is 1.77. The third-order valence-corrected chi connectivity index (χ3v) is 5.88. The molecule has 0 saturated carbocycles. The Kier molecular flexibility index (Phi) is 5.74. The van der Waals surface area contributed by atoms with Crippen molar-refractivity contribution >= 4 is 23.5 Å². The number of rotatable bonds is 4. The van der Waals surface area contributed by atoms with Gasteiger partial charge in [-0.15, -0.1) is 0 Å². The number of hydrogen-bond acceptors (Lipinski definition) is 2. The molecule has 1 aliphatic heterocycles. The Bertz CT molecular complexity index is 1130. The van der Waals surface area contributed by atoms with Crippen molar-refractivity contribution in [1.29, 1.82) is 0 Å². The van der Waals surface area contributed by atoms with Crippen molar-refractivity contribution in [3.63, 3.8) is 0 Å². The van der Waals surface area contributed by atoms with Crippen LogP contribution in [-0.2, 0) is 4.79 Å². The number of amides is 1. The summed E-state index contributed by atoms with van der Waals surface area (Å²) in [5, 5.41) is 9.99. The molecule has 1 heterocycles. The highest BCUT2D eigenvalue weighted by Gasteiger charge is 2.44. The number of aliphatic carboxylic acids is 1. The van der Waals surface area contributed by atoms with Crippen molar-refractivity contribution in [3.05, 3.63) is 94.5 Å². The first-order valence-corrected chi connectivity index (χ1v) is 10.1. The van der Waals surface area contributed by atoms with Crippen LogP contribution in [0.5, 0.6) is 0 Å². The first-order chi connectivity index (χ1) is 14.9. The van der Waals surface area contributed by atoms with Crippen molar-refractivity contribution in [3.8, 4) is 11.1 Å². The molecule has 1 saturated heterocycles. The van der Waals surface area contributed by atoms with Crippen LogP contribution in [-0.4, -0.2) is 27.9 Å². The number of nitrogens with zero attached hydrogens (tertiary/aromatic N) is 1. The number of hydrogen-bond donors (Lipinski definition) is 1. The maximum absolute atomic E-state index is 15.0. The van der Waals surface area contributed by atoms with Crippen LogP contribution in [0.3, 0.4) is 0 Å². The number of halogens is 3. The average Bonchev–Trinajstić information content (AvgIpc) is 3.19. The van der Waals surface area contributed by atoms with Crippen LogP contribution in [0.4, 0.5) is 8.78 Å². The molecule has 4 nitrogen and oxygen atoms in total. The van der Waals surface area contributed by atoms with E-state index in [0.29, 0.717) is 22.6 Å². The van der Waals surface area contributed by atoms with Gasteiger partial charge in [-0.2, -0.15) is 0 Å². The van der Waals surface area contributed by atoms with Crippen molar-refractivity contribution in [2.24, 2.45) is 0 Å². The number of carboxylic acids is 1. The first kappa shape index (κ1) is 21.0. The zero-order valence-corrected chi connectivity index (χ0v) is 17.0. The summed E-state index contributed by atoms with van der Waals surface area (Å²) in [4.78, 5) is 26.1. The van der Waals surface area contributed by atoms with E-state index in [2.05, 4.69) is 0 Å². The summed E-state index contributed by atoms with van der Waals surface area (Å²) in [6, 6.07) is 15.7. The van der Waals surface area contributed by atoms with Crippen molar-refractivity contribution in [2.75, 3.05) is 0 Å². The summed E-state index contributed by atoms with van der Waals surface area (Å²) >= 11 is 6.27. The normalized spacial score (nSPS) is 18.2. The number of carbonyl (C=O) groups excluding carboxylic acids is 1. The quantitative estimate of drug-likeness (QED) is 0.563. The summed E-state index contributed by atoms with van der Waals surface area (Å²) in [5.74, 6) is -4.33. The van der Waals surface area contributed by atoms with Gasteiger partial charge in [-0.1, -0.05) is 60.1 Å². The van der Waals surface area contributed by atoms with E-state index < -0.39 is 41.2 Å². The van der Waals surface area contributed by atoms with Crippen LogP contribution in [0, 0.1) is 11.6 Å². The molecule has 31 heavy (non-hydrogen) atoms. The van der Waals surface area contributed by atoms with Gasteiger partial charge in [-0.05, 0) is 47.7 Å². The second kappa shape index (κ2) is 8.47. The molecule has 0 unspecified atom stereocenters. The van der Waals surface area contributed by atoms with Gasteiger partial charge >= 0.3 is 5.97 Å². The Hall–Kier alpha value is -3.25. The number of likely N-dealkylation sites (tertiary alicyclic amines) is 1. The molecule has 3 aromatic rings. The topological polar surface area (TPSA) is 57.6 Å². The Morgan fingerprint density at radius 2 is 1.52 bits per heavy atom. The molecule has 158 valence electrons. The van der Waals surface area contributed by atoms with E-state index >= 15 is 0 Å². The van der Waals surface area contributed by atoms with Crippen LogP contribution in [0.15, 0.2) is 66.7 Å². The van der Waals surface area contributed by atoms with Gasteiger partial charge in [0.15, 0.2) is 0 Å². The molecular formula is C24H18ClF2NO3. The maximum Gasteiger partial charge on any atom is 0.326 e. The van der Waals surface area contributed by atoms with E-state index in [1.54, 1.807) is 54.6 Å². The number of carboxylic acid groups (broad SMARTS) is 1. The highest BCUT2D eigenvalue weighted by molar-refractivity contribution is 6.31. The molecule has 0 radical (unpaired) electrons. The highest BCUT2D eigenvalue weighted by atomic mass is 35.5. The SMILES string of the molecule is O=C(O)[C@@H]1CC[C@H](c2ccccc2Cl)N1C(=O)c1c(F)cc(-c2ccccc2)cc1F. The fourth-order valence-corrected chi connectivity index (χ4v) is 4.35. The van der Waals surface area contributed by atoms with Gasteiger partial charge in [0.25, 0.3) is 5.91 Å². The van der Waals surface area contributed by atoms with E-state index in [4.69, 9.17) is 11.6 Å². The third-order valence-electron chi connectivity index (χ3n) is 5.53. The van der Waals surface area contributed by atoms with Crippen molar-refractivity contribution < 1.29 is 23.5 Å². The van der Waals surface area contributed by atoms with Crippen molar-refractivity contribution in [1.82, 2.24) is 4.90 Å². The van der Waals surface area contributed by atoms with E-state index in [1.807, 2.05) is 0 Å². The highest BCUT2D eigenvalue weighted by Crippen LogP contribution is 2.40. The lowest BCUT2D eigenvalue weighted by Gasteiger charge is -2.29. The summed E-state index contributed by atoms with van der Waals surface area (Å²) in [6.45, 7) is 0. The number of carbonyl (C=O) groups is 2. The Morgan fingerprint density at radius 3 is 2.13 bits per heavy atom. The lowest BCUT2D eigenvalue weighted by Crippen LogP contribution is -2.42. The molecule has 3 aromatic carbocycles. The molecule has 1 aliphatic rings. The molecule has 4 rings (SSSR count). The molecular weight excluding hydrogens is 424 g/mol. The molecule has 0 aliphatic carbocycles. The average molecular weight is 442 g/mol. The minimum atomic E-state index is -1.23. The molecule has 0 bridgehead atoms. The smallest absolute Gasteiger partial charge is 0.326 e. The van der Waals surface area contributed by atoms with Crippen LogP contribution in [0.2, 0.25) is 5.02 Å². The summed E-state index contributed by atoms with van der Waals surface area (Å²) in [5.41, 5.74) is 0.650. The molecule has 0 spiro atoms. The lowest BCUT2D eigenvalue weighted by molar-refractivity contribution is -0.141. The largest absolute Gasteiger partial charge is 0.480 e. The Morgan fingerprint density at radius 1 is 0.903 bits per heavy atom. The molecule has 1 amide bonds. The standard InChI is InChI=1S/C24H18ClF2NO3/c25-17-9-5-4-8-16(17)20-10-11-21(24(30)31)28(20)23(29)22-18(26)12-15(13-19(22)27)14-6-2-1-3-7-14/h1-9,12-13,20-21H,10-11H2,(H,30,31)/t20-,21+/m1/s1. The lowest BCUT2D eigenvalue weighted by atomic mass is 10.0. The zero-order chi connectivity index (χ0) is 22.1. The minimum absolute atomic E-state index is 0.155. The van der Waals surface area contributed by atoms with E-state index in [1.165, 1.54) is 0 Å². The first-order valence-electron chi connectivity index (χ1n) is 9.73. The van der Waals surface area contributed by atoms with Crippen molar-refractivity contribution in [2.45, 2.75) is 24.9 Å². The monoisotopic (exact) mass is 441 g/mol. The fraction of sp³-hybridized carbons (Fsp3) is 0.167. The van der Waals surface area contributed by atoms with Gasteiger partial charge in [0, 0.05) is 5.02 Å². The predicted octanol–water partition coefficient (Wildman–Crippen LogP) is 5.72. The van der Waals surface area contributed by atoms with Gasteiger partial charge in [0.2, 0.25) is 0 Å². The molecule has 7 heteroatoms. The third kappa shape index (κ3) is 3.91. The fourth-order valence-electron chi connectivity index (χ4n) is 4.09. The number of benzene rings is 3. The Labute approximate surface area is 182 Å². The minimum Gasteiger partial charge on any atom is -0.480 e. The molecule has 1 N–H and O–H groups in total. The second-order valence-electron chi connectivity index (χ2n) is 7.36. The maximum atomic E-state index is 15.0. The zero-order valence-electron chi connectivity index (χ0n) is 16.3. The van der Waals surface area contributed by atoms with Gasteiger partial charge in [0.05, 0.1) is 6.04 Å².